The first-order chi connectivity index (χ1) is 8.73. The van der Waals surface area contributed by atoms with Crippen molar-refractivity contribution in [3.8, 4) is 0 Å². The molecule has 0 aliphatic heterocycles. The van der Waals surface area contributed by atoms with Crippen molar-refractivity contribution in [1.29, 1.82) is 0 Å². The van der Waals surface area contributed by atoms with Gasteiger partial charge in [0, 0.05) is 43.6 Å². The molecule has 19 heavy (non-hydrogen) atoms. The van der Waals surface area contributed by atoms with Gasteiger partial charge >= 0.3 is 0 Å². The summed E-state index contributed by atoms with van der Waals surface area (Å²) in [5.74, 6) is 0. The highest BCUT2D eigenvalue weighted by Crippen LogP contribution is 2.28. The van der Waals surface area contributed by atoms with Crippen molar-refractivity contribution in [3.63, 3.8) is 0 Å². The van der Waals surface area contributed by atoms with Crippen LogP contribution in [0.2, 0.25) is 0 Å². The van der Waals surface area contributed by atoms with Crippen LogP contribution in [0, 0.1) is 15.5 Å². The lowest BCUT2D eigenvalue weighted by atomic mass is 9.96. The Labute approximate surface area is 114 Å². The zero-order valence-electron chi connectivity index (χ0n) is 12.4. The second kappa shape index (κ2) is 5.91. The predicted octanol–water partition coefficient (Wildman–Crippen LogP) is 3.51. The molecule has 0 bridgehead atoms. The van der Waals surface area contributed by atoms with Crippen molar-refractivity contribution in [3.05, 3.63) is 28.3 Å². The smallest absolute Gasteiger partial charge is 0.273 e. The van der Waals surface area contributed by atoms with Crippen LogP contribution in [-0.4, -0.2) is 25.1 Å². The first-order valence-corrected chi connectivity index (χ1v) is 6.47. The van der Waals surface area contributed by atoms with Crippen LogP contribution in [0.5, 0.6) is 0 Å². The molecule has 106 valence electrons. The maximum atomic E-state index is 11.0. The molecule has 0 saturated heterocycles. The number of nitrogens with zero attached hydrogens (tertiary/aromatic N) is 2. The van der Waals surface area contributed by atoms with Gasteiger partial charge in [0.2, 0.25) is 0 Å². The van der Waals surface area contributed by atoms with Crippen molar-refractivity contribution in [1.82, 2.24) is 0 Å². The zero-order valence-corrected chi connectivity index (χ0v) is 12.4. The molecule has 0 fully saturated rings. The molecule has 0 radical (unpaired) electrons. The van der Waals surface area contributed by atoms with Crippen LogP contribution in [0.4, 0.5) is 17.1 Å². The zero-order chi connectivity index (χ0) is 14.6. The van der Waals surface area contributed by atoms with Crippen molar-refractivity contribution in [2.75, 3.05) is 30.4 Å². The molecule has 0 atom stereocenters. The Bertz CT molecular complexity index is 452. The fourth-order valence-electron chi connectivity index (χ4n) is 2.03. The van der Waals surface area contributed by atoms with E-state index in [1.807, 2.05) is 24.9 Å². The normalized spacial score (nSPS) is 11.2. The second-order valence-corrected chi connectivity index (χ2v) is 5.94. The van der Waals surface area contributed by atoms with E-state index in [9.17, 15) is 10.1 Å². The predicted molar refractivity (Wildman–Crippen MR) is 80.0 cm³/mol. The van der Waals surface area contributed by atoms with Crippen LogP contribution >= 0.6 is 0 Å². The third-order valence-corrected chi connectivity index (χ3v) is 2.65. The Kier molecular flexibility index (Phi) is 4.75. The van der Waals surface area contributed by atoms with Gasteiger partial charge in [0.1, 0.15) is 0 Å². The molecule has 1 N–H and O–H groups in total. The van der Waals surface area contributed by atoms with Gasteiger partial charge in [0.05, 0.1) is 4.92 Å². The first kappa shape index (κ1) is 15.3. The fourth-order valence-corrected chi connectivity index (χ4v) is 2.03. The molecule has 0 heterocycles. The number of nitrogens with one attached hydrogen (secondary N) is 1. The van der Waals surface area contributed by atoms with E-state index in [-0.39, 0.29) is 16.0 Å². The third kappa shape index (κ3) is 4.77. The molecule has 5 heteroatoms. The third-order valence-electron chi connectivity index (χ3n) is 2.65. The highest BCUT2D eigenvalue weighted by atomic mass is 16.6. The van der Waals surface area contributed by atoms with Crippen LogP contribution in [-0.2, 0) is 0 Å². The average molecular weight is 265 g/mol. The number of nitro benzene ring substituents is 1. The van der Waals surface area contributed by atoms with E-state index in [4.69, 9.17) is 0 Å². The fraction of sp³-hybridized carbons (Fsp3) is 0.571. The number of nitro groups is 1. The standard InChI is InChI=1S/C14H23N3O2/c1-6-15-11-7-12(9-13(8-11)17(18)19)16(5)10-14(2,3)4/h7-9,15H,6,10H2,1-5H3. The van der Waals surface area contributed by atoms with E-state index in [0.29, 0.717) is 0 Å². The molecule has 0 unspecified atom stereocenters. The van der Waals surface area contributed by atoms with Gasteiger partial charge in [0.25, 0.3) is 5.69 Å². The van der Waals surface area contributed by atoms with Gasteiger partial charge in [-0.15, -0.1) is 0 Å². The topological polar surface area (TPSA) is 58.4 Å². The number of non-ortho nitro benzene ring substituents is 1. The minimum Gasteiger partial charge on any atom is -0.385 e. The van der Waals surface area contributed by atoms with Crippen LogP contribution in [0.3, 0.4) is 0 Å². The SMILES string of the molecule is CCNc1cc(N(C)CC(C)(C)C)cc([N+](=O)[O-])c1. The van der Waals surface area contributed by atoms with E-state index in [1.165, 1.54) is 0 Å². The second-order valence-electron chi connectivity index (χ2n) is 5.94. The molecule has 0 spiro atoms. The molecule has 0 aliphatic rings. The Hall–Kier alpha value is -1.78. The minimum atomic E-state index is -0.352. The highest BCUT2D eigenvalue weighted by molar-refractivity contribution is 5.64. The van der Waals surface area contributed by atoms with Crippen molar-refractivity contribution in [2.45, 2.75) is 27.7 Å². The lowest BCUT2D eigenvalue weighted by molar-refractivity contribution is -0.384. The number of rotatable bonds is 5. The lowest BCUT2D eigenvalue weighted by Gasteiger charge is -2.28. The highest BCUT2D eigenvalue weighted by Gasteiger charge is 2.17. The molecule has 0 aromatic heterocycles. The summed E-state index contributed by atoms with van der Waals surface area (Å²) in [6.45, 7) is 9.98. The monoisotopic (exact) mass is 265 g/mol. The van der Waals surface area contributed by atoms with Crippen LogP contribution in [0.1, 0.15) is 27.7 Å². The van der Waals surface area contributed by atoms with Crippen molar-refractivity contribution in [2.24, 2.45) is 5.41 Å². The van der Waals surface area contributed by atoms with Gasteiger partial charge in [0.15, 0.2) is 0 Å². The molecule has 0 saturated carbocycles. The Morgan fingerprint density at radius 1 is 1.32 bits per heavy atom. The van der Waals surface area contributed by atoms with E-state index in [1.54, 1.807) is 12.1 Å². The first-order valence-electron chi connectivity index (χ1n) is 6.47. The summed E-state index contributed by atoms with van der Waals surface area (Å²) in [4.78, 5) is 12.7. The van der Waals surface area contributed by atoms with Crippen LogP contribution in [0.25, 0.3) is 0 Å². The van der Waals surface area contributed by atoms with Crippen LogP contribution < -0.4 is 10.2 Å². The minimum absolute atomic E-state index is 0.120. The van der Waals surface area contributed by atoms with Crippen LogP contribution in [0.15, 0.2) is 18.2 Å². The summed E-state index contributed by atoms with van der Waals surface area (Å²) in [5, 5.41) is 14.1. The van der Waals surface area contributed by atoms with Gasteiger partial charge in [-0.2, -0.15) is 0 Å². The van der Waals surface area contributed by atoms with Gasteiger partial charge in [-0.05, 0) is 18.4 Å². The van der Waals surface area contributed by atoms with Crippen molar-refractivity contribution >= 4 is 17.1 Å². The Morgan fingerprint density at radius 2 is 1.95 bits per heavy atom. The lowest BCUT2D eigenvalue weighted by Crippen LogP contribution is -2.29. The molecule has 1 rings (SSSR count). The Balaban J connectivity index is 3.08. The summed E-state index contributed by atoms with van der Waals surface area (Å²) in [7, 11) is 1.96. The van der Waals surface area contributed by atoms with Gasteiger partial charge < -0.3 is 10.2 Å². The number of hydrogen-bond acceptors (Lipinski definition) is 4. The molecular formula is C14H23N3O2. The summed E-state index contributed by atoms with van der Waals surface area (Å²) in [6.07, 6.45) is 0. The summed E-state index contributed by atoms with van der Waals surface area (Å²) in [6, 6.07) is 5.13. The maximum absolute atomic E-state index is 11.0. The van der Waals surface area contributed by atoms with Crippen molar-refractivity contribution < 1.29 is 4.92 Å². The van der Waals surface area contributed by atoms with Gasteiger partial charge in [-0.25, -0.2) is 0 Å². The molecular weight excluding hydrogens is 242 g/mol. The van der Waals surface area contributed by atoms with E-state index < -0.39 is 0 Å². The number of benzene rings is 1. The Morgan fingerprint density at radius 3 is 2.42 bits per heavy atom. The van der Waals surface area contributed by atoms with E-state index >= 15 is 0 Å². The molecule has 5 nitrogen and oxygen atoms in total. The summed E-state index contributed by atoms with van der Waals surface area (Å²) in [5.41, 5.74) is 1.90. The largest absolute Gasteiger partial charge is 0.385 e. The number of hydrogen-bond donors (Lipinski definition) is 1. The summed E-state index contributed by atoms with van der Waals surface area (Å²) < 4.78 is 0. The quantitative estimate of drug-likeness (QED) is 0.654. The molecule has 0 amide bonds. The molecule has 0 aliphatic carbocycles. The number of anilines is 2. The maximum Gasteiger partial charge on any atom is 0.273 e. The average Bonchev–Trinajstić information content (AvgIpc) is 2.26. The summed E-state index contributed by atoms with van der Waals surface area (Å²) >= 11 is 0. The van der Waals surface area contributed by atoms with E-state index in [0.717, 1.165) is 24.5 Å². The van der Waals surface area contributed by atoms with E-state index in [2.05, 4.69) is 26.1 Å². The molecule has 1 aromatic carbocycles. The van der Waals surface area contributed by atoms with Gasteiger partial charge in [-0.3, -0.25) is 10.1 Å². The molecule has 1 aromatic rings. The van der Waals surface area contributed by atoms with Gasteiger partial charge in [-0.1, -0.05) is 20.8 Å².